The lowest BCUT2D eigenvalue weighted by Gasteiger charge is -2.42. The van der Waals surface area contributed by atoms with Gasteiger partial charge in [0.25, 0.3) is 0 Å². The molecule has 4 nitrogen and oxygen atoms in total. The Hall–Kier alpha value is -4.02. The van der Waals surface area contributed by atoms with Gasteiger partial charge in [0.05, 0.1) is 5.56 Å². The predicted octanol–water partition coefficient (Wildman–Crippen LogP) is 6.45. The molecule has 37 heavy (non-hydrogen) atoms. The summed E-state index contributed by atoms with van der Waals surface area (Å²) in [4.78, 5) is 24.4. The number of hydrogen-bond acceptors (Lipinski definition) is 4. The van der Waals surface area contributed by atoms with Gasteiger partial charge in [-0.15, -0.1) is 0 Å². The largest absolute Gasteiger partial charge is 0.458 e. The van der Waals surface area contributed by atoms with Gasteiger partial charge in [0.15, 0.2) is 0 Å². The molecule has 0 aliphatic heterocycles. The number of rotatable bonds is 10. The Labute approximate surface area is 217 Å². The molecule has 0 amide bonds. The quantitative estimate of drug-likeness (QED) is 0.146. The fraction of sp³-hybridized carbons (Fsp3) is 0.212. The lowest BCUT2D eigenvalue weighted by Crippen LogP contribution is -2.46. The second-order valence-electron chi connectivity index (χ2n) is 9.43. The van der Waals surface area contributed by atoms with Gasteiger partial charge >= 0.3 is 5.97 Å². The van der Waals surface area contributed by atoms with Gasteiger partial charge in [0.2, 0.25) is 0 Å². The van der Waals surface area contributed by atoms with Crippen LogP contribution in [0, 0.1) is 11.8 Å². The zero-order valence-electron chi connectivity index (χ0n) is 20.6. The molecule has 0 aromatic heterocycles. The minimum Gasteiger partial charge on any atom is -0.458 e. The summed E-state index contributed by atoms with van der Waals surface area (Å²) in [6.07, 6.45) is 1.83. The minimum atomic E-state index is -0.819. The molecule has 0 bridgehead atoms. The van der Waals surface area contributed by atoms with Crippen LogP contribution in [0.25, 0.3) is 0 Å². The summed E-state index contributed by atoms with van der Waals surface area (Å²) >= 11 is 0. The number of esters is 1. The molecule has 0 spiro atoms. The van der Waals surface area contributed by atoms with Crippen LogP contribution in [0.2, 0.25) is 0 Å². The van der Waals surface area contributed by atoms with Crippen molar-refractivity contribution in [2.24, 2.45) is 11.8 Å². The van der Waals surface area contributed by atoms with E-state index in [-0.39, 0.29) is 23.9 Å². The van der Waals surface area contributed by atoms with Crippen molar-refractivity contribution in [2.45, 2.75) is 24.5 Å². The third-order valence-corrected chi connectivity index (χ3v) is 7.29. The fourth-order valence-corrected chi connectivity index (χ4v) is 5.29. The Morgan fingerprint density at radius 3 is 1.65 bits per heavy atom. The average molecular weight is 491 g/mol. The maximum absolute atomic E-state index is 12.6. The average Bonchev–Trinajstić information content (AvgIpc) is 2.97. The van der Waals surface area contributed by atoms with E-state index in [1.54, 1.807) is 12.1 Å². The van der Waals surface area contributed by atoms with Crippen LogP contribution in [-0.2, 0) is 19.9 Å². The van der Waals surface area contributed by atoms with Crippen molar-refractivity contribution in [1.29, 1.82) is 0 Å². The highest BCUT2D eigenvalue weighted by Gasteiger charge is 2.44. The van der Waals surface area contributed by atoms with Crippen LogP contribution in [0.1, 0.15) is 39.9 Å². The van der Waals surface area contributed by atoms with Crippen molar-refractivity contribution in [3.63, 3.8) is 0 Å². The monoisotopic (exact) mass is 490 g/mol. The number of benzene rings is 4. The molecule has 0 saturated heterocycles. The molecule has 5 rings (SSSR count). The van der Waals surface area contributed by atoms with Crippen LogP contribution < -0.4 is 0 Å². The van der Waals surface area contributed by atoms with Gasteiger partial charge in [-0.2, -0.15) is 0 Å². The SMILES string of the molecule is O=C[C@H]1C[C@H](OC(=O)c2ccccc2)[C@@H]1CCOC(c1ccccc1)(c1ccccc1)c1ccccc1. The van der Waals surface area contributed by atoms with Crippen LogP contribution in [0.4, 0.5) is 0 Å². The molecule has 3 atom stereocenters. The van der Waals surface area contributed by atoms with E-state index in [0.717, 1.165) is 23.0 Å². The molecule has 0 unspecified atom stereocenters. The first-order valence-corrected chi connectivity index (χ1v) is 12.7. The van der Waals surface area contributed by atoms with Gasteiger partial charge in [0.1, 0.15) is 18.0 Å². The Kier molecular flexibility index (Phi) is 7.57. The van der Waals surface area contributed by atoms with Crippen LogP contribution >= 0.6 is 0 Å². The number of hydrogen-bond donors (Lipinski definition) is 0. The molecule has 4 heteroatoms. The van der Waals surface area contributed by atoms with Gasteiger partial charge in [-0.05, 0) is 41.7 Å². The van der Waals surface area contributed by atoms with E-state index >= 15 is 0 Å². The third-order valence-electron chi connectivity index (χ3n) is 7.29. The van der Waals surface area contributed by atoms with E-state index in [0.29, 0.717) is 25.0 Å². The molecule has 0 N–H and O–H groups in total. The molecule has 1 aliphatic carbocycles. The molecular formula is C33H30O4. The normalized spacial score (nSPS) is 19.0. The Morgan fingerprint density at radius 1 is 0.730 bits per heavy atom. The van der Waals surface area contributed by atoms with Crippen molar-refractivity contribution < 1.29 is 19.1 Å². The maximum Gasteiger partial charge on any atom is 0.338 e. The highest BCUT2D eigenvalue weighted by molar-refractivity contribution is 5.89. The second kappa shape index (κ2) is 11.4. The zero-order chi connectivity index (χ0) is 25.5. The highest BCUT2D eigenvalue weighted by atomic mass is 16.5. The third kappa shape index (κ3) is 5.11. The first-order valence-electron chi connectivity index (χ1n) is 12.7. The number of carbonyl (C=O) groups excluding carboxylic acids is 2. The van der Waals surface area contributed by atoms with Gasteiger partial charge in [-0.1, -0.05) is 109 Å². The maximum atomic E-state index is 12.6. The van der Waals surface area contributed by atoms with Gasteiger partial charge in [-0.3, -0.25) is 0 Å². The summed E-state index contributed by atoms with van der Waals surface area (Å²) in [5.74, 6) is -0.574. The number of ether oxygens (including phenoxy) is 2. The highest BCUT2D eigenvalue weighted by Crippen LogP contribution is 2.43. The molecular weight excluding hydrogens is 460 g/mol. The van der Waals surface area contributed by atoms with Crippen molar-refractivity contribution in [3.05, 3.63) is 144 Å². The molecule has 1 fully saturated rings. The minimum absolute atomic E-state index is 0.0785. The van der Waals surface area contributed by atoms with E-state index in [2.05, 4.69) is 36.4 Å². The summed E-state index contributed by atoms with van der Waals surface area (Å²) in [6.45, 7) is 0.396. The predicted molar refractivity (Wildman–Crippen MR) is 143 cm³/mol. The Morgan fingerprint density at radius 2 is 1.19 bits per heavy atom. The zero-order valence-corrected chi connectivity index (χ0v) is 20.6. The Bertz CT molecular complexity index is 1190. The fourth-order valence-electron chi connectivity index (χ4n) is 5.29. The summed E-state index contributed by atoms with van der Waals surface area (Å²) in [5, 5.41) is 0. The van der Waals surface area contributed by atoms with Gasteiger partial charge in [0, 0.05) is 18.4 Å². The van der Waals surface area contributed by atoms with Crippen LogP contribution in [0.5, 0.6) is 0 Å². The van der Waals surface area contributed by atoms with Crippen molar-refractivity contribution in [2.75, 3.05) is 6.61 Å². The smallest absolute Gasteiger partial charge is 0.338 e. The van der Waals surface area contributed by atoms with Crippen molar-refractivity contribution in [1.82, 2.24) is 0 Å². The van der Waals surface area contributed by atoms with E-state index in [1.807, 2.05) is 72.8 Å². The summed E-state index contributed by atoms with van der Waals surface area (Å²) in [6, 6.07) is 39.6. The second-order valence-corrected chi connectivity index (χ2v) is 9.43. The molecule has 0 radical (unpaired) electrons. The van der Waals surface area contributed by atoms with Crippen molar-refractivity contribution >= 4 is 12.3 Å². The number of aldehydes is 1. The topological polar surface area (TPSA) is 52.6 Å². The molecule has 4 aromatic rings. The van der Waals surface area contributed by atoms with E-state index < -0.39 is 5.60 Å². The van der Waals surface area contributed by atoms with Gasteiger partial charge < -0.3 is 14.3 Å². The summed E-state index contributed by atoms with van der Waals surface area (Å²) < 4.78 is 12.7. The van der Waals surface area contributed by atoms with E-state index in [4.69, 9.17) is 9.47 Å². The van der Waals surface area contributed by atoms with Crippen LogP contribution in [0.15, 0.2) is 121 Å². The lowest BCUT2D eigenvalue weighted by molar-refractivity contribution is -0.127. The molecule has 1 saturated carbocycles. The standard InChI is InChI=1S/C33H30O4/c34-24-26-23-31(37-32(35)25-13-5-1-6-14-25)30(26)21-22-36-33(27-15-7-2-8-16-27,28-17-9-3-10-18-28)29-19-11-4-12-20-29/h1-20,24,26,30-31H,21-23H2/t26-,30-,31+/m1/s1. The number of carbonyl (C=O) groups is 2. The summed E-state index contributed by atoms with van der Waals surface area (Å²) in [7, 11) is 0. The first-order chi connectivity index (χ1) is 18.2. The van der Waals surface area contributed by atoms with Gasteiger partial charge in [-0.25, -0.2) is 4.79 Å². The molecule has 0 heterocycles. The van der Waals surface area contributed by atoms with Crippen LogP contribution in [-0.4, -0.2) is 25.0 Å². The molecule has 186 valence electrons. The lowest BCUT2D eigenvalue weighted by atomic mass is 9.70. The van der Waals surface area contributed by atoms with Crippen molar-refractivity contribution in [3.8, 4) is 0 Å². The molecule has 1 aliphatic rings. The summed E-state index contributed by atoms with van der Waals surface area (Å²) in [5.41, 5.74) is 2.78. The molecule has 4 aromatic carbocycles. The van der Waals surface area contributed by atoms with E-state index in [9.17, 15) is 9.59 Å². The first kappa shape index (κ1) is 24.7. The Balaban J connectivity index is 1.40. The van der Waals surface area contributed by atoms with Crippen LogP contribution in [0.3, 0.4) is 0 Å². The van der Waals surface area contributed by atoms with E-state index in [1.165, 1.54) is 0 Å².